The van der Waals surface area contributed by atoms with Crippen molar-refractivity contribution in [2.75, 3.05) is 11.9 Å². The summed E-state index contributed by atoms with van der Waals surface area (Å²) in [5.74, 6) is 5.75. The number of anilines is 1. The Labute approximate surface area is 207 Å². The topological polar surface area (TPSA) is 96.0 Å². The lowest BCUT2D eigenvalue weighted by molar-refractivity contribution is -0.136. The fourth-order valence-corrected chi connectivity index (χ4v) is 4.32. The van der Waals surface area contributed by atoms with E-state index in [1.165, 1.54) is 15.9 Å². The summed E-state index contributed by atoms with van der Waals surface area (Å²) in [7, 11) is 1.56. The molecular weight excluding hydrogens is 470 g/mol. The third-order valence-electron chi connectivity index (χ3n) is 6.31. The van der Waals surface area contributed by atoms with E-state index < -0.39 is 18.0 Å². The van der Waals surface area contributed by atoms with Crippen molar-refractivity contribution in [3.8, 4) is 17.6 Å². The number of nitrogens with one attached hydrogen (secondary N) is 1. The Hall–Kier alpha value is -3.83. The first-order valence-electron chi connectivity index (χ1n) is 11.3. The third-order valence-corrected chi connectivity index (χ3v) is 6.62. The van der Waals surface area contributed by atoms with Crippen LogP contribution in [0.25, 0.3) is 0 Å². The van der Waals surface area contributed by atoms with Crippen molar-refractivity contribution in [2.24, 2.45) is 5.92 Å². The smallest absolute Gasteiger partial charge is 0.410 e. The Morgan fingerprint density at radius 3 is 2.66 bits per heavy atom. The molecule has 0 radical (unpaired) electrons. The number of fused-ring (bicyclic) bond motifs is 1. The van der Waals surface area contributed by atoms with Crippen LogP contribution in [0, 0.1) is 17.8 Å². The fraction of sp³-hybridized carbons (Fsp3) is 0.308. The van der Waals surface area contributed by atoms with Gasteiger partial charge in [-0.3, -0.25) is 24.6 Å². The number of halogens is 1. The number of imide groups is 1. The number of nitrogens with zero attached hydrogens (tertiary/aromatic N) is 2. The number of hydrogen-bond acceptors (Lipinski definition) is 5. The van der Waals surface area contributed by atoms with Gasteiger partial charge in [-0.2, -0.15) is 0 Å². The molecule has 1 saturated heterocycles. The first-order valence-corrected chi connectivity index (χ1v) is 11.7. The van der Waals surface area contributed by atoms with Crippen LogP contribution >= 0.6 is 11.6 Å². The molecule has 2 aromatic rings. The van der Waals surface area contributed by atoms with Gasteiger partial charge in [0.25, 0.3) is 5.91 Å². The maximum absolute atomic E-state index is 13.0. The SMILES string of the molecule is CN(C(=O)Oc1ccc2c(c1)C(=O)N(C1CCC(=O)NC1=O)C2)c1ccc(C#CC2CC2)c(Cl)c1. The lowest BCUT2D eigenvalue weighted by Gasteiger charge is -2.29. The second kappa shape index (κ2) is 9.08. The molecule has 5 rings (SSSR count). The average molecular weight is 492 g/mol. The Morgan fingerprint density at radius 2 is 1.94 bits per heavy atom. The van der Waals surface area contributed by atoms with Gasteiger partial charge in [0.15, 0.2) is 0 Å². The summed E-state index contributed by atoms with van der Waals surface area (Å²) in [6.45, 7) is 0.253. The number of hydrogen-bond donors (Lipinski definition) is 1. The minimum absolute atomic E-state index is 0.184. The van der Waals surface area contributed by atoms with Crippen LogP contribution in [-0.4, -0.2) is 41.8 Å². The van der Waals surface area contributed by atoms with E-state index in [1.807, 2.05) is 0 Å². The number of piperidine rings is 1. The van der Waals surface area contributed by atoms with Gasteiger partial charge < -0.3 is 9.64 Å². The van der Waals surface area contributed by atoms with Gasteiger partial charge in [-0.15, -0.1) is 0 Å². The Bertz CT molecular complexity index is 1320. The standard InChI is InChI=1S/C26H22ClN3O5/c1-29(18-8-6-16(21(27)12-18)5-4-15-2-3-15)26(34)35-19-9-7-17-14-30(25(33)20(17)13-19)22-10-11-23(31)28-24(22)32/h6-9,12-13,15,22H,2-3,10-11,14H2,1H3,(H,28,31,32). The molecule has 2 aliphatic heterocycles. The van der Waals surface area contributed by atoms with Crippen molar-refractivity contribution >= 4 is 41.1 Å². The minimum atomic E-state index is -0.702. The van der Waals surface area contributed by atoms with E-state index in [2.05, 4.69) is 17.2 Å². The number of amides is 4. The van der Waals surface area contributed by atoms with Crippen LogP contribution in [-0.2, 0) is 16.1 Å². The molecule has 0 aromatic heterocycles. The Kier molecular flexibility index (Phi) is 5.95. The molecule has 1 unspecified atom stereocenters. The quantitative estimate of drug-likeness (QED) is 0.523. The summed E-state index contributed by atoms with van der Waals surface area (Å²) >= 11 is 6.35. The minimum Gasteiger partial charge on any atom is -0.410 e. The summed E-state index contributed by atoms with van der Waals surface area (Å²) in [5, 5.41) is 2.73. The summed E-state index contributed by atoms with van der Waals surface area (Å²) < 4.78 is 5.50. The lowest BCUT2D eigenvalue weighted by atomic mass is 10.0. The van der Waals surface area contributed by atoms with E-state index in [1.54, 1.807) is 37.4 Å². The zero-order chi connectivity index (χ0) is 24.7. The third kappa shape index (κ3) is 4.73. The highest BCUT2D eigenvalue weighted by Crippen LogP contribution is 2.31. The summed E-state index contributed by atoms with van der Waals surface area (Å²) in [6, 6.07) is 9.28. The van der Waals surface area contributed by atoms with E-state index in [4.69, 9.17) is 16.3 Å². The first kappa shape index (κ1) is 22.9. The highest BCUT2D eigenvalue weighted by Gasteiger charge is 2.39. The zero-order valence-electron chi connectivity index (χ0n) is 19.0. The molecule has 0 bridgehead atoms. The van der Waals surface area contributed by atoms with Gasteiger partial charge in [0.2, 0.25) is 11.8 Å². The highest BCUT2D eigenvalue weighted by atomic mass is 35.5. The van der Waals surface area contributed by atoms with Gasteiger partial charge in [-0.1, -0.05) is 29.5 Å². The number of carbonyl (C=O) groups is 4. The highest BCUT2D eigenvalue weighted by molar-refractivity contribution is 6.32. The van der Waals surface area contributed by atoms with Gasteiger partial charge in [0, 0.05) is 42.7 Å². The molecule has 2 fully saturated rings. The molecule has 1 N–H and O–H groups in total. The molecule has 0 spiro atoms. The van der Waals surface area contributed by atoms with Crippen LogP contribution in [0.3, 0.4) is 0 Å². The van der Waals surface area contributed by atoms with E-state index in [-0.39, 0.29) is 37.0 Å². The molecule has 9 heteroatoms. The molecule has 2 heterocycles. The van der Waals surface area contributed by atoms with Crippen LogP contribution < -0.4 is 15.0 Å². The average Bonchev–Trinajstić information content (AvgIpc) is 3.61. The maximum atomic E-state index is 13.0. The predicted molar refractivity (Wildman–Crippen MR) is 128 cm³/mol. The van der Waals surface area contributed by atoms with Crippen molar-refractivity contribution in [1.29, 1.82) is 0 Å². The first-order chi connectivity index (χ1) is 16.8. The van der Waals surface area contributed by atoms with Crippen molar-refractivity contribution in [3.05, 3.63) is 58.1 Å². The second-order valence-electron chi connectivity index (χ2n) is 8.85. The van der Waals surface area contributed by atoms with Gasteiger partial charge in [0.1, 0.15) is 11.8 Å². The largest absolute Gasteiger partial charge is 0.419 e. The molecule has 1 saturated carbocycles. The van der Waals surface area contributed by atoms with E-state index in [0.29, 0.717) is 27.8 Å². The molecular formula is C26H22ClN3O5. The lowest BCUT2D eigenvalue weighted by Crippen LogP contribution is -2.52. The molecule has 3 aliphatic rings. The van der Waals surface area contributed by atoms with Crippen molar-refractivity contribution in [1.82, 2.24) is 10.2 Å². The molecule has 178 valence electrons. The monoisotopic (exact) mass is 491 g/mol. The summed E-state index contributed by atoms with van der Waals surface area (Å²) in [6.07, 6.45) is 2.07. The molecule has 1 atom stereocenters. The summed E-state index contributed by atoms with van der Waals surface area (Å²) in [5.41, 5.74) is 2.34. The van der Waals surface area contributed by atoms with Crippen LogP contribution in [0.5, 0.6) is 5.75 Å². The summed E-state index contributed by atoms with van der Waals surface area (Å²) in [4.78, 5) is 52.1. The predicted octanol–water partition coefficient (Wildman–Crippen LogP) is 3.50. The molecule has 1 aliphatic carbocycles. The number of rotatable bonds is 3. The van der Waals surface area contributed by atoms with Gasteiger partial charge in [0.05, 0.1) is 5.02 Å². The Morgan fingerprint density at radius 1 is 1.14 bits per heavy atom. The zero-order valence-corrected chi connectivity index (χ0v) is 19.7. The molecule has 35 heavy (non-hydrogen) atoms. The normalized spacial score (nSPS) is 19.0. The second-order valence-corrected chi connectivity index (χ2v) is 9.26. The molecule has 2 aromatic carbocycles. The Balaban J connectivity index is 1.27. The van der Waals surface area contributed by atoms with Gasteiger partial charge in [-0.05, 0) is 55.2 Å². The fourth-order valence-electron chi connectivity index (χ4n) is 4.09. The molecule has 8 nitrogen and oxygen atoms in total. The molecule has 4 amide bonds. The van der Waals surface area contributed by atoms with Crippen LogP contribution in [0.4, 0.5) is 10.5 Å². The maximum Gasteiger partial charge on any atom is 0.419 e. The van der Waals surface area contributed by atoms with Crippen molar-refractivity contribution in [3.63, 3.8) is 0 Å². The van der Waals surface area contributed by atoms with Crippen LogP contribution in [0.1, 0.15) is 47.2 Å². The van der Waals surface area contributed by atoms with Crippen LogP contribution in [0.15, 0.2) is 36.4 Å². The van der Waals surface area contributed by atoms with Gasteiger partial charge >= 0.3 is 6.09 Å². The van der Waals surface area contributed by atoms with Crippen molar-refractivity contribution < 1.29 is 23.9 Å². The number of carbonyl (C=O) groups excluding carboxylic acids is 4. The van der Waals surface area contributed by atoms with E-state index in [9.17, 15) is 19.2 Å². The van der Waals surface area contributed by atoms with Crippen molar-refractivity contribution in [2.45, 2.75) is 38.3 Å². The van der Waals surface area contributed by atoms with E-state index in [0.717, 1.165) is 18.4 Å². The van der Waals surface area contributed by atoms with Gasteiger partial charge in [-0.25, -0.2) is 4.79 Å². The van der Waals surface area contributed by atoms with E-state index >= 15 is 0 Å². The van der Waals surface area contributed by atoms with Crippen LogP contribution in [0.2, 0.25) is 5.02 Å². The number of benzene rings is 2. The number of ether oxygens (including phenoxy) is 1.